The number of fused-ring (bicyclic) bond motifs is 1. The quantitative estimate of drug-likeness (QED) is 0.335. The molecule has 0 N–H and O–H groups in total. The molecule has 6 heteroatoms. The second kappa shape index (κ2) is 8.02. The number of carbonyl (C=O) groups is 2. The lowest BCUT2D eigenvalue weighted by Crippen LogP contribution is -2.35. The molecule has 0 atom stereocenters. The number of ether oxygens (including phenoxy) is 1. The molecule has 6 nitrogen and oxygen atoms in total. The zero-order valence-corrected chi connectivity index (χ0v) is 16.7. The smallest absolute Gasteiger partial charge is 0.373 e. The normalized spacial score (nSPS) is 14.9. The molecule has 0 bridgehead atoms. The third-order valence-electron chi connectivity index (χ3n) is 5.00. The third kappa shape index (κ3) is 4.17. The Labute approximate surface area is 164 Å². The van der Waals surface area contributed by atoms with Crippen LogP contribution < -0.4 is 9.64 Å². The predicted octanol–water partition coefficient (Wildman–Crippen LogP) is 4.13. The first-order valence-corrected chi connectivity index (χ1v) is 9.33. The van der Waals surface area contributed by atoms with E-state index in [0.717, 1.165) is 24.2 Å². The fourth-order valence-electron chi connectivity index (χ4n) is 3.23. The van der Waals surface area contributed by atoms with Crippen LogP contribution in [0.15, 0.2) is 42.5 Å². The number of hydrogen-bond donors (Lipinski definition) is 0. The van der Waals surface area contributed by atoms with Crippen LogP contribution in [0.3, 0.4) is 0 Å². The highest BCUT2D eigenvalue weighted by Crippen LogP contribution is 2.39. The molecule has 1 aliphatic rings. The van der Waals surface area contributed by atoms with Crippen LogP contribution in [0.2, 0.25) is 0 Å². The molecule has 0 aliphatic carbocycles. The molecule has 2 aromatic rings. The minimum absolute atomic E-state index is 0.000698. The number of esters is 1. The minimum atomic E-state index is -0.597. The van der Waals surface area contributed by atoms with Crippen LogP contribution >= 0.6 is 0 Å². The number of nitrogens with zero attached hydrogens (tertiary/aromatic N) is 1. The molecule has 28 heavy (non-hydrogen) atoms. The van der Waals surface area contributed by atoms with Gasteiger partial charge in [0.25, 0.3) is 0 Å². The van der Waals surface area contributed by atoms with Gasteiger partial charge in [0.2, 0.25) is 0 Å². The standard InChI is InChI=1S/C22H25NO5/c1-5-26-28-21(25)15-6-9-17(10-7-15)27-20(24)16-8-11-19-18(14-16)22(2,3)12-13-23(19)4/h6-11,14H,5,12-13H2,1-4H3. The maximum Gasteiger partial charge on any atom is 0.373 e. The second-order valence-electron chi connectivity index (χ2n) is 7.48. The van der Waals surface area contributed by atoms with Crippen LogP contribution in [0, 0.1) is 0 Å². The van der Waals surface area contributed by atoms with E-state index < -0.39 is 11.9 Å². The monoisotopic (exact) mass is 383 g/mol. The van der Waals surface area contributed by atoms with E-state index in [1.165, 1.54) is 12.1 Å². The largest absolute Gasteiger partial charge is 0.423 e. The summed E-state index contributed by atoms with van der Waals surface area (Å²) in [6.45, 7) is 7.36. The van der Waals surface area contributed by atoms with Crippen LogP contribution in [-0.2, 0) is 15.2 Å². The van der Waals surface area contributed by atoms with Crippen molar-refractivity contribution in [3.05, 3.63) is 59.2 Å². The summed E-state index contributed by atoms with van der Waals surface area (Å²) in [6.07, 6.45) is 1.02. The fraction of sp³-hybridized carbons (Fsp3) is 0.364. The molecular formula is C22H25NO5. The van der Waals surface area contributed by atoms with E-state index in [1.807, 2.05) is 12.1 Å². The van der Waals surface area contributed by atoms with Crippen LogP contribution in [0.1, 0.15) is 53.5 Å². The molecule has 0 unspecified atom stereocenters. The van der Waals surface area contributed by atoms with Crippen molar-refractivity contribution in [2.45, 2.75) is 32.6 Å². The molecule has 1 heterocycles. The number of anilines is 1. The molecular weight excluding hydrogens is 358 g/mol. The van der Waals surface area contributed by atoms with Gasteiger partial charge in [-0.2, -0.15) is 4.89 Å². The Bertz CT molecular complexity index is 873. The van der Waals surface area contributed by atoms with Gasteiger partial charge in [-0.1, -0.05) is 13.8 Å². The molecule has 0 amide bonds. The molecule has 0 spiro atoms. The lowest BCUT2D eigenvalue weighted by Gasteiger charge is -2.38. The average molecular weight is 383 g/mol. The number of carbonyl (C=O) groups excluding carboxylic acids is 2. The predicted molar refractivity (Wildman–Crippen MR) is 106 cm³/mol. The highest BCUT2D eigenvalue weighted by molar-refractivity contribution is 5.92. The van der Waals surface area contributed by atoms with Crippen molar-refractivity contribution in [2.75, 3.05) is 25.1 Å². The van der Waals surface area contributed by atoms with Crippen molar-refractivity contribution in [2.24, 2.45) is 0 Å². The van der Waals surface area contributed by atoms with Crippen molar-refractivity contribution in [1.29, 1.82) is 0 Å². The van der Waals surface area contributed by atoms with Gasteiger partial charge in [0.05, 0.1) is 17.7 Å². The molecule has 0 saturated heterocycles. The van der Waals surface area contributed by atoms with Gasteiger partial charge in [-0.05, 0) is 66.8 Å². The molecule has 0 fully saturated rings. The molecule has 2 aromatic carbocycles. The Kier molecular flexibility index (Phi) is 5.70. The van der Waals surface area contributed by atoms with Gasteiger partial charge in [-0.25, -0.2) is 9.59 Å². The van der Waals surface area contributed by atoms with E-state index in [4.69, 9.17) is 4.74 Å². The van der Waals surface area contributed by atoms with E-state index in [9.17, 15) is 9.59 Å². The van der Waals surface area contributed by atoms with Crippen molar-refractivity contribution < 1.29 is 24.1 Å². The van der Waals surface area contributed by atoms with Crippen LogP contribution in [0.25, 0.3) is 0 Å². The van der Waals surface area contributed by atoms with E-state index in [2.05, 4.69) is 35.6 Å². The third-order valence-corrected chi connectivity index (χ3v) is 5.00. The van der Waals surface area contributed by atoms with E-state index in [-0.39, 0.29) is 12.0 Å². The first kappa shape index (κ1) is 19.9. The van der Waals surface area contributed by atoms with Gasteiger partial charge in [0.15, 0.2) is 0 Å². The van der Waals surface area contributed by atoms with Crippen LogP contribution in [0.5, 0.6) is 5.75 Å². The van der Waals surface area contributed by atoms with Gasteiger partial charge in [0, 0.05) is 19.3 Å². The van der Waals surface area contributed by atoms with E-state index in [1.54, 1.807) is 25.1 Å². The Hall–Kier alpha value is -2.86. The van der Waals surface area contributed by atoms with Gasteiger partial charge in [-0.15, -0.1) is 0 Å². The molecule has 1 aliphatic heterocycles. The summed E-state index contributed by atoms with van der Waals surface area (Å²) < 4.78 is 5.47. The highest BCUT2D eigenvalue weighted by atomic mass is 17.2. The summed E-state index contributed by atoms with van der Waals surface area (Å²) in [5, 5.41) is 0. The first-order chi connectivity index (χ1) is 13.3. The molecule has 148 valence electrons. The van der Waals surface area contributed by atoms with Crippen LogP contribution in [0.4, 0.5) is 5.69 Å². The molecule has 3 rings (SSSR count). The molecule has 0 radical (unpaired) electrons. The number of hydrogen-bond acceptors (Lipinski definition) is 6. The molecule has 0 aromatic heterocycles. The Morgan fingerprint density at radius 1 is 1.04 bits per heavy atom. The van der Waals surface area contributed by atoms with E-state index >= 15 is 0 Å². The number of benzene rings is 2. The van der Waals surface area contributed by atoms with Crippen molar-refractivity contribution in [3.8, 4) is 5.75 Å². The first-order valence-electron chi connectivity index (χ1n) is 9.33. The van der Waals surface area contributed by atoms with Gasteiger partial charge in [-0.3, -0.25) is 4.89 Å². The van der Waals surface area contributed by atoms with Crippen molar-refractivity contribution in [1.82, 2.24) is 0 Å². The highest BCUT2D eigenvalue weighted by Gasteiger charge is 2.30. The Balaban J connectivity index is 1.74. The van der Waals surface area contributed by atoms with Crippen molar-refractivity contribution >= 4 is 17.6 Å². The number of rotatable bonds is 5. The summed E-state index contributed by atoms with van der Waals surface area (Å²) in [5.74, 6) is -0.677. The zero-order chi connectivity index (χ0) is 20.3. The average Bonchev–Trinajstić information content (AvgIpc) is 2.69. The molecule has 0 saturated carbocycles. The summed E-state index contributed by atoms with van der Waals surface area (Å²) in [6, 6.07) is 11.8. The Morgan fingerprint density at radius 3 is 2.39 bits per heavy atom. The topological polar surface area (TPSA) is 65.1 Å². The van der Waals surface area contributed by atoms with Gasteiger partial charge in [0.1, 0.15) is 5.75 Å². The van der Waals surface area contributed by atoms with E-state index in [0.29, 0.717) is 16.9 Å². The lowest BCUT2D eigenvalue weighted by atomic mass is 9.77. The maximum absolute atomic E-state index is 12.6. The summed E-state index contributed by atoms with van der Waals surface area (Å²) >= 11 is 0. The SMILES string of the molecule is CCOOC(=O)c1ccc(OC(=O)c2ccc3c(c2)C(C)(C)CCN3C)cc1. The van der Waals surface area contributed by atoms with Gasteiger partial charge >= 0.3 is 11.9 Å². The van der Waals surface area contributed by atoms with Crippen LogP contribution in [-0.4, -0.2) is 32.1 Å². The lowest BCUT2D eigenvalue weighted by molar-refractivity contribution is -0.236. The minimum Gasteiger partial charge on any atom is -0.423 e. The Morgan fingerprint density at radius 2 is 1.71 bits per heavy atom. The maximum atomic E-state index is 12.6. The fourth-order valence-corrected chi connectivity index (χ4v) is 3.23. The summed E-state index contributed by atoms with van der Waals surface area (Å²) in [7, 11) is 2.06. The zero-order valence-electron chi connectivity index (χ0n) is 16.7. The van der Waals surface area contributed by atoms with Crippen molar-refractivity contribution in [3.63, 3.8) is 0 Å². The summed E-state index contributed by atoms with van der Waals surface area (Å²) in [5.41, 5.74) is 3.10. The summed E-state index contributed by atoms with van der Waals surface area (Å²) in [4.78, 5) is 35.8. The second-order valence-corrected chi connectivity index (χ2v) is 7.48. The van der Waals surface area contributed by atoms with Gasteiger partial charge < -0.3 is 9.64 Å².